The first-order valence-electron chi connectivity index (χ1n) is 11.4. The number of rotatable bonds is 0. The van der Waals surface area contributed by atoms with Crippen molar-refractivity contribution < 1.29 is 19.2 Å². The van der Waals surface area contributed by atoms with Crippen LogP contribution < -0.4 is 26.6 Å². The van der Waals surface area contributed by atoms with Crippen LogP contribution in [-0.4, -0.2) is 97.9 Å². The molecular weight excluding hydrogens is 452 g/mol. The molecule has 1 aliphatic heterocycles. The maximum absolute atomic E-state index is 12.4. The fourth-order valence-electron chi connectivity index (χ4n) is 3.22. The first kappa shape index (κ1) is 25.7. The Bertz CT molecular complexity index is 980. The lowest BCUT2D eigenvalue weighted by molar-refractivity contribution is 0.0931. The summed E-state index contributed by atoms with van der Waals surface area (Å²) in [5.41, 5.74) is 0.625. The van der Waals surface area contributed by atoms with Crippen molar-refractivity contribution in [2.45, 2.75) is 0 Å². The summed E-state index contributed by atoms with van der Waals surface area (Å²) in [6, 6.07) is 9.42. The normalized spacial score (nSPS) is 17.9. The zero-order chi connectivity index (χ0) is 25.0. The molecule has 3 heterocycles. The van der Waals surface area contributed by atoms with E-state index in [0.717, 1.165) is 0 Å². The minimum Gasteiger partial charge on any atom is -0.349 e. The maximum atomic E-state index is 12.4. The molecule has 4 amide bonds. The number of nitrogens with one attached hydrogen (secondary N) is 5. The van der Waals surface area contributed by atoms with Crippen molar-refractivity contribution in [2.75, 3.05) is 59.4 Å². The fraction of sp³-hybridized carbons (Fsp3) is 0.391. The third-order valence-electron chi connectivity index (χ3n) is 5.16. The van der Waals surface area contributed by atoms with E-state index < -0.39 is 0 Å². The van der Waals surface area contributed by atoms with E-state index in [-0.39, 0.29) is 46.4 Å². The van der Waals surface area contributed by atoms with Gasteiger partial charge in [-0.1, -0.05) is 12.1 Å². The van der Waals surface area contributed by atoms with Gasteiger partial charge in [-0.15, -0.1) is 0 Å². The van der Waals surface area contributed by atoms with Crippen LogP contribution in [0, 0.1) is 0 Å². The average molecular weight is 483 g/mol. The molecule has 1 aliphatic rings. The molecule has 5 N–H and O–H groups in total. The van der Waals surface area contributed by atoms with Gasteiger partial charge < -0.3 is 31.5 Å². The van der Waals surface area contributed by atoms with Gasteiger partial charge >= 0.3 is 0 Å². The molecule has 186 valence electrons. The fourth-order valence-corrected chi connectivity index (χ4v) is 3.22. The Labute approximate surface area is 203 Å². The van der Waals surface area contributed by atoms with Crippen LogP contribution >= 0.6 is 0 Å². The van der Waals surface area contributed by atoms with Gasteiger partial charge in [0.1, 0.15) is 22.8 Å². The third kappa shape index (κ3) is 8.12. The van der Waals surface area contributed by atoms with Crippen molar-refractivity contribution >= 4 is 23.6 Å². The summed E-state index contributed by atoms with van der Waals surface area (Å²) >= 11 is 0. The quantitative estimate of drug-likeness (QED) is 0.308. The number of carbonyl (C=O) groups is 4. The van der Waals surface area contributed by atoms with Crippen LogP contribution in [0.25, 0.3) is 0 Å². The monoisotopic (exact) mass is 482 g/mol. The lowest BCUT2D eigenvalue weighted by Crippen LogP contribution is -2.38. The van der Waals surface area contributed by atoms with Gasteiger partial charge in [-0.25, -0.2) is 9.97 Å². The molecule has 2 aromatic rings. The van der Waals surface area contributed by atoms with E-state index in [1.807, 2.05) is 11.9 Å². The first-order chi connectivity index (χ1) is 16.9. The minimum atomic E-state index is -0.378. The second-order valence-electron chi connectivity index (χ2n) is 7.89. The van der Waals surface area contributed by atoms with Crippen LogP contribution in [0.5, 0.6) is 0 Å². The Morgan fingerprint density at radius 3 is 1.29 bits per heavy atom. The second kappa shape index (κ2) is 13.1. The summed E-state index contributed by atoms with van der Waals surface area (Å²) in [4.78, 5) is 59.8. The van der Waals surface area contributed by atoms with Gasteiger partial charge in [-0.05, 0) is 31.3 Å². The number of aromatic nitrogens is 2. The molecule has 3 rings (SSSR count). The molecule has 0 spiro atoms. The number of carbonyl (C=O) groups excluding carboxylic acids is 4. The molecule has 12 heteroatoms. The van der Waals surface area contributed by atoms with Crippen LogP contribution in [0.2, 0.25) is 0 Å². The molecule has 0 radical (unpaired) electrons. The summed E-state index contributed by atoms with van der Waals surface area (Å²) in [7, 11) is 1.86. The highest BCUT2D eigenvalue weighted by molar-refractivity contribution is 5.97. The number of likely N-dealkylation sites (N-methyl/N-ethyl adjacent to an activating group) is 1. The lowest BCUT2D eigenvalue weighted by Gasteiger charge is -2.17. The predicted molar refractivity (Wildman–Crippen MR) is 128 cm³/mol. The van der Waals surface area contributed by atoms with Gasteiger partial charge in [-0.2, -0.15) is 0 Å². The Hall–Kier alpha value is -3.90. The van der Waals surface area contributed by atoms with Gasteiger partial charge in [-0.3, -0.25) is 19.2 Å². The molecule has 0 unspecified atom stereocenters. The molecule has 4 bridgehead atoms. The molecule has 2 aromatic heterocycles. The second-order valence-corrected chi connectivity index (χ2v) is 7.89. The van der Waals surface area contributed by atoms with Crippen molar-refractivity contribution in [2.24, 2.45) is 0 Å². The molecule has 0 saturated carbocycles. The van der Waals surface area contributed by atoms with E-state index in [1.54, 1.807) is 36.4 Å². The zero-order valence-corrected chi connectivity index (χ0v) is 19.6. The van der Waals surface area contributed by atoms with Crippen LogP contribution in [0.15, 0.2) is 36.4 Å². The average Bonchev–Trinajstić information content (AvgIpc) is 2.87. The molecule has 0 fully saturated rings. The van der Waals surface area contributed by atoms with Gasteiger partial charge in [0, 0.05) is 52.4 Å². The predicted octanol–water partition coefficient (Wildman–Crippen LogP) is -1.37. The zero-order valence-electron chi connectivity index (χ0n) is 19.6. The minimum absolute atomic E-state index is 0.155. The summed E-state index contributed by atoms with van der Waals surface area (Å²) in [5.74, 6) is -1.50. The van der Waals surface area contributed by atoms with E-state index >= 15 is 0 Å². The van der Waals surface area contributed by atoms with Crippen molar-refractivity contribution in [3.8, 4) is 0 Å². The highest BCUT2D eigenvalue weighted by Gasteiger charge is 2.14. The summed E-state index contributed by atoms with van der Waals surface area (Å²) in [6.45, 7) is 3.46. The number of pyridine rings is 2. The van der Waals surface area contributed by atoms with Gasteiger partial charge in [0.15, 0.2) is 0 Å². The van der Waals surface area contributed by atoms with E-state index in [2.05, 4.69) is 36.6 Å². The van der Waals surface area contributed by atoms with E-state index in [9.17, 15) is 19.2 Å². The van der Waals surface area contributed by atoms with E-state index in [0.29, 0.717) is 52.4 Å². The molecular formula is C23H30N8O4. The smallest absolute Gasteiger partial charge is 0.269 e. The molecule has 0 atom stereocenters. The number of hydrogen-bond acceptors (Lipinski definition) is 8. The SMILES string of the molecule is CN1CCNC(=O)c2cccc(n2)C(=O)NCCNCCNC(=O)c2cccc(n2)C(=O)NCC1. The Morgan fingerprint density at radius 2 is 0.914 bits per heavy atom. The van der Waals surface area contributed by atoms with Gasteiger partial charge in [0.05, 0.1) is 0 Å². The maximum Gasteiger partial charge on any atom is 0.269 e. The standard InChI is InChI=1S/C23H30N8O4/c1-31-14-12-27-22(34)18-6-2-4-16(29-18)20(32)25-10-8-24-9-11-26-21(33)17-5-3-7-19(30-17)23(35)28-13-15-31/h2-7,24H,8-15H2,1H3,(H,25,32)(H,26,33)(H,27,34)(H,28,35). The highest BCUT2D eigenvalue weighted by Crippen LogP contribution is 2.01. The van der Waals surface area contributed by atoms with E-state index in [4.69, 9.17) is 0 Å². The van der Waals surface area contributed by atoms with Gasteiger partial charge in [0.25, 0.3) is 23.6 Å². The Balaban J connectivity index is 1.63. The lowest BCUT2D eigenvalue weighted by atomic mass is 10.2. The largest absolute Gasteiger partial charge is 0.349 e. The van der Waals surface area contributed by atoms with Crippen molar-refractivity contribution in [3.63, 3.8) is 0 Å². The molecule has 0 aromatic carbocycles. The first-order valence-corrected chi connectivity index (χ1v) is 11.4. The van der Waals surface area contributed by atoms with Crippen LogP contribution in [0.1, 0.15) is 42.0 Å². The highest BCUT2D eigenvalue weighted by atomic mass is 16.2. The third-order valence-corrected chi connectivity index (χ3v) is 5.16. The van der Waals surface area contributed by atoms with Crippen molar-refractivity contribution in [1.82, 2.24) is 41.5 Å². The van der Waals surface area contributed by atoms with E-state index in [1.165, 1.54) is 0 Å². The number of amides is 4. The Kier molecular flexibility index (Phi) is 9.63. The van der Waals surface area contributed by atoms with Crippen molar-refractivity contribution in [3.05, 3.63) is 59.2 Å². The number of fused-ring (bicyclic) bond motifs is 4. The molecule has 0 saturated heterocycles. The summed E-state index contributed by atoms with van der Waals surface area (Å²) < 4.78 is 0. The summed E-state index contributed by atoms with van der Waals surface area (Å²) in [6.07, 6.45) is 0. The van der Waals surface area contributed by atoms with Gasteiger partial charge in [0.2, 0.25) is 0 Å². The molecule has 35 heavy (non-hydrogen) atoms. The number of nitrogens with zero attached hydrogens (tertiary/aromatic N) is 3. The number of hydrogen-bond donors (Lipinski definition) is 5. The van der Waals surface area contributed by atoms with Crippen LogP contribution in [0.3, 0.4) is 0 Å². The molecule has 12 nitrogen and oxygen atoms in total. The van der Waals surface area contributed by atoms with Crippen molar-refractivity contribution in [1.29, 1.82) is 0 Å². The van der Waals surface area contributed by atoms with Crippen LogP contribution in [0.4, 0.5) is 0 Å². The Morgan fingerprint density at radius 1 is 0.571 bits per heavy atom. The topological polar surface area (TPSA) is 157 Å². The van der Waals surface area contributed by atoms with Crippen LogP contribution in [-0.2, 0) is 0 Å². The summed E-state index contributed by atoms with van der Waals surface area (Å²) in [5, 5.41) is 14.2. The molecule has 0 aliphatic carbocycles.